The molecule has 3 rings (SSSR count). The third kappa shape index (κ3) is 4.36. The van der Waals surface area contributed by atoms with Crippen molar-refractivity contribution in [2.24, 2.45) is 0 Å². The molecule has 0 saturated carbocycles. The van der Waals surface area contributed by atoms with E-state index in [2.05, 4.69) is 24.1 Å². The SMILES string of the molecule is CC[C@H](C)c1ccccc1NC(=O)COC(=O)c1cc(C)nc2ccccc12. The molecule has 0 aliphatic heterocycles. The lowest BCUT2D eigenvalue weighted by Crippen LogP contribution is -2.22. The summed E-state index contributed by atoms with van der Waals surface area (Å²) in [6.45, 7) is 5.69. The normalized spacial score (nSPS) is 11.8. The van der Waals surface area contributed by atoms with Gasteiger partial charge in [0.1, 0.15) is 0 Å². The lowest BCUT2D eigenvalue weighted by molar-refractivity contribution is -0.119. The topological polar surface area (TPSA) is 68.3 Å². The standard InChI is InChI=1S/C23H24N2O3/c1-4-15(2)17-9-5-7-11-20(17)25-22(26)14-28-23(27)19-13-16(3)24-21-12-8-6-10-18(19)21/h5-13,15H,4,14H2,1-3H3,(H,25,26)/t15-/m0/s1. The van der Waals surface area contributed by atoms with Gasteiger partial charge in [-0.25, -0.2) is 4.79 Å². The molecule has 0 radical (unpaired) electrons. The summed E-state index contributed by atoms with van der Waals surface area (Å²) in [5.41, 5.74) is 3.68. The van der Waals surface area contributed by atoms with Crippen molar-refractivity contribution in [1.29, 1.82) is 0 Å². The van der Waals surface area contributed by atoms with Gasteiger partial charge < -0.3 is 10.1 Å². The molecule has 5 heteroatoms. The Labute approximate surface area is 164 Å². The first kappa shape index (κ1) is 19.5. The van der Waals surface area contributed by atoms with E-state index in [0.717, 1.165) is 28.9 Å². The van der Waals surface area contributed by atoms with Gasteiger partial charge in [-0.2, -0.15) is 0 Å². The van der Waals surface area contributed by atoms with Gasteiger partial charge in [-0.3, -0.25) is 9.78 Å². The van der Waals surface area contributed by atoms with Crippen molar-refractivity contribution in [1.82, 2.24) is 4.98 Å². The van der Waals surface area contributed by atoms with Crippen LogP contribution in [0.2, 0.25) is 0 Å². The van der Waals surface area contributed by atoms with Crippen molar-refractivity contribution in [2.75, 3.05) is 11.9 Å². The minimum atomic E-state index is -0.535. The molecule has 1 atom stereocenters. The van der Waals surface area contributed by atoms with Gasteiger partial charge in [-0.05, 0) is 43.0 Å². The molecule has 0 saturated heterocycles. The molecule has 144 valence electrons. The molecule has 1 aromatic heterocycles. The number of nitrogens with zero attached hydrogens (tertiary/aromatic N) is 1. The molecule has 0 unspecified atom stereocenters. The highest BCUT2D eigenvalue weighted by atomic mass is 16.5. The molecule has 0 bridgehead atoms. The quantitative estimate of drug-likeness (QED) is 0.624. The predicted molar refractivity (Wildman–Crippen MR) is 111 cm³/mol. The molecule has 1 amide bonds. The van der Waals surface area contributed by atoms with Crippen LogP contribution in [0.25, 0.3) is 10.9 Å². The minimum Gasteiger partial charge on any atom is -0.452 e. The number of para-hydroxylation sites is 2. The number of pyridine rings is 1. The Balaban J connectivity index is 1.70. The highest BCUT2D eigenvalue weighted by Crippen LogP contribution is 2.26. The number of carbonyl (C=O) groups is 2. The van der Waals surface area contributed by atoms with Gasteiger partial charge in [0.15, 0.2) is 6.61 Å². The summed E-state index contributed by atoms with van der Waals surface area (Å²) in [7, 11) is 0. The number of amides is 1. The van der Waals surface area contributed by atoms with E-state index in [-0.39, 0.29) is 12.5 Å². The number of ether oxygens (including phenoxy) is 1. The maximum Gasteiger partial charge on any atom is 0.339 e. The smallest absolute Gasteiger partial charge is 0.339 e. The van der Waals surface area contributed by atoms with Crippen LogP contribution in [0.3, 0.4) is 0 Å². The van der Waals surface area contributed by atoms with Crippen molar-refractivity contribution < 1.29 is 14.3 Å². The zero-order valence-electron chi connectivity index (χ0n) is 16.4. The molecule has 0 aliphatic carbocycles. The van der Waals surface area contributed by atoms with E-state index in [1.54, 1.807) is 6.07 Å². The molecule has 0 spiro atoms. The van der Waals surface area contributed by atoms with Crippen molar-refractivity contribution in [3.05, 3.63) is 71.4 Å². The van der Waals surface area contributed by atoms with E-state index >= 15 is 0 Å². The second-order valence-electron chi connectivity index (χ2n) is 6.85. The molecular weight excluding hydrogens is 352 g/mol. The molecule has 5 nitrogen and oxygen atoms in total. The number of esters is 1. The summed E-state index contributed by atoms with van der Waals surface area (Å²) in [5.74, 6) is -0.573. The Morgan fingerprint density at radius 2 is 1.82 bits per heavy atom. The minimum absolute atomic E-state index is 0.324. The Kier molecular flexibility index (Phi) is 6.04. The summed E-state index contributed by atoms with van der Waals surface area (Å²) < 4.78 is 5.27. The first-order chi connectivity index (χ1) is 13.5. The first-order valence-electron chi connectivity index (χ1n) is 9.42. The number of hydrogen-bond donors (Lipinski definition) is 1. The highest BCUT2D eigenvalue weighted by Gasteiger charge is 2.16. The molecule has 1 heterocycles. The van der Waals surface area contributed by atoms with Gasteiger partial charge in [0.25, 0.3) is 5.91 Å². The molecule has 0 fully saturated rings. The molecule has 28 heavy (non-hydrogen) atoms. The second-order valence-corrected chi connectivity index (χ2v) is 6.85. The van der Waals surface area contributed by atoms with Crippen LogP contribution < -0.4 is 5.32 Å². The molecular formula is C23H24N2O3. The first-order valence-corrected chi connectivity index (χ1v) is 9.42. The summed E-state index contributed by atoms with van der Waals surface area (Å²) in [5, 5.41) is 3.56. The highest BCUT2D eigenvalue weighted by molar-refractivity contribution is 6.04. The van der Waals surface area contributed by atoms with Crippen molar-refractivity contribution >= 4 is 28.5 Å². The van der Waals surface area contributed by atoms with Gasteiger partial charge in [0, 0.05) is 16.8 Å². The maximum atomic E-state index is 12.6. The zero-order valence-corrected chi connectivity index (χ0v) is 16.4. The summed E-state index contributed by atoms with van der Waals surface area (Å²) in [6, 6.07) is 16.7. The number of benzene rings is 2. The Morgan fingerprint density at radius 3 is 2.61 bits per heavy atom. The van der Waals surface area contributed by atoms with Gasteiger partial charge in [-0.15, -0.1) is 0 Å². The number of hydrogen-bond acceptors (Lipinski definition) is 4. The van der Waals surface area contributed by atoms with E-state index in [4.69, 9.17) is 4.74 Å². The van der Waals surface area contributed by atoms with Crippen molar-refractivity contribution in [3.8, 4) is 0 Å². The van der Waals surface area contributed by atoms with Crippen molar-refractivity contribution in [2.45, 2.75) is 33.1 Å². The Hall–Kier alpha value is -3.21. The Bertz CT molecular complexity index is 1010. The van der Waals surface area contributed by atoms with Crippen LogP contribution in [0.1, 0.15) is 47.8 Å². The largest absolute Gasteiger partial charge is 0.452 e. The summed E-state index contributed by atoms with van der Waals surface area (Å²) >= 11 is 0. The number of aromatic nitrogens is 1. The van der Waals surface area contributed by atoms with Gasteiger partial charge in [0.05, 0.1) is 11.1 Å². The van der Waals surface area contributed by atoms with E-state index in [1.165, 1.54) is 0 Å². The Morgan fingerprint density at radius 1 is 1.11 bits per heavy atom. The monoisotopic (exact) mass is 376 g/mol. The van der Waals surface area contributed by atoms with Crippen LogP contribution in [0.15, 0.2) is 54.6 Å². The summed E-state index contributed by atoms with van der Waals surface area (Å²) in [6.07, 6.45) is 0.969. The molecule has 3 aromatic rings. The van der Waals surface area contributed by atoms with Crippen LogP contribution in [0.4, 0.5) is 5.69 Å². The average Bonchev–Trinajstić information content (AvgIpc) is 2.71. The number of carbonyl (C=O) groups excluding carboxylic acids is 2. The molecule has 2 aromatic carbocycles. The molecule has 0 aliphatic rings. The van der Waals surface area contributed by atoms with E-state index in [1.807, 2.05) is 55.5 Å². The van der Waals surface area contributed by atoms with Gasteiger partial charge in [-0.1, -0.05) is 50.2 Å². The molecule has 1 N–H and O–H groups in total. The fraction of sp³-hybridized carbons (Fsp3) is 0.261. The number of nitrogens with one attached hydrogen (secondary N) is 1. The number of anilines is 1. The maximum absolute atomic E-state index is 12.6. The second kappa shape index (κ2) is 8.65. The van der Waals surface area contributed by atoms with Gasteiger partial charge in [0.2, 0.25) is 0 Å². The van der Waals surface area contributed by atoms with Crippen LogP contribution in [-0.4, -0.2) is 23.5 Å². The zero-order chi connectivity index (χ0) is 20.1. The third-order valence-electron chi connectivity index (χ3n) is 4.78. The van der Waals surface area contributed by atoms with E-state index < -0.39 is 5.97 Å². The lowest BCUT2D eigenvalue weighted by Gasteiger charge is -2.15. The lowest BCUT2D eigenvalue weighted by atomic mass is 9.97. The fourth-order valence-electron chi connectivity index (χ4n) is 3.13. The van der Waals surface area contributed by atoms with Crippen LogP contribution in [0, 0.1) is 6.92 Å². The summed E-state index contributed by atoms with van der Waals surface area (Å²) in [4.78, 5) is 29.3. The number of fused-ring (bicyclic) bond motifs is 1. The van der Waals surface area contributed by atoms with Crippen LogP contribution >= 0.6 is 0 Å². The fourth-order valence-corrected chi connectivity index (χ4v) is 3.13. The van der Waals surface area contributed by atoms with E-state index in [9.17, 15) is 9.59 Å². The average molecular weight is 376 g/mol. The van der Waals surface area contributed by atoms with Gasteiger partial charge >= 0.3 is 5.97 Å². The van der Waals surface area contributed by atoms with E-state index in [0.29, 0.717) is 16.9 Å². The third-order valence-corrected chi connectivity index (χ3v) is 4.78. The van der Waals surface area contributed by atoms with Crippen LogP contribution in [0.5, 0.6) is 0 Å². The number of rotatable bonds is 6. The predicted octanol–water partition coefficient (Wildman–Crippen LogP) is 4.85. The number of aryl methyl sites for hydroxylation is 1. The van der Waals surface area contributed by atoms with Crippen LogP contribution in [-0.2, 0) is 9.53 Å². The van der Waals surface area contributed by atoms with Crippen molar-refractivity contribution in [3.63, 3.8) is 0 Å².